The zero-order chi connectivity index (χ0) is 21.5. The molecule has 2 aromatic carbocycles. The van der Waals surface area contributed by atoms with Gasteiger partial charge in [-0.25, -0.2) is 0 Å². The second-order valence-electron chi connectivity index (χ2n) is 8.25. The van der Waals surface area contributed by atoms with Crippen LogP contribution in [-0.2, 0) is 11.2 Å². The molecule has 2 heterocycles. The number of nitrogens with one attached hydrogen (secondary N) is 1. The molecule has 0 bridgehead atoms. The maximum atomic E-state index is 13.1. The average molecular weight is 453 g/mol. The van der Waals surface area contributed by atoms with E-state index in [1.807, 2.05) is 24.3 Å². The Hall–Kier alpha value is -2.14. The minimum atomic E-state index is -0.125. The number of piperidine rings is 1. The smallest absolute Gasteiger partial charge is 0.223 e. The van der Waals surface area contributed by atoms with Crippen LogP contribution < -0.4 is 5.32 Å². The third-order valence-corrected chi connectivity index (χ3v) is 7.06. The Balaban J connectivity index is 1.28. The van der Waals surface area contributed by atoms with Gasteiger partial charge in [-0.05, 0) is 91.0 Å². The van der Waals surface area contributed by atoms with Crippen LogP contribution in [-0.4, -0.2) is 30.4 Å². The Labute approximate surface area is 194 Å². The third-order valence-electron chi connectivity index (χ3n) is 6.11. The van der Waals surface area contributed by atoms with Gasteiger partial charge in [0.2, 0.25) is 5.91 Å². The number of likely N-dealkylation sites (tertiary alicyclic amines) is 1. The van der Waals surface area contributed by atoms with E-state index in [4.69, 9.17) is 11.6 Å². The summed E-state index contributed by atoms with van der Waals surface area (Å²) in [7, 11) is 0. The van der Waals surface area contributed by atoms with Crippen LogP contribution in [0.2, 0.25) is 5.02 Å². The molecule has 1 aliphatic heterocycles. The van der Waals surface area contributed by atoms with Gasteiger partial charge in [-0.15, -0.1) is 0 Å². The molecule has 162 valence electrons. The van der Waals surface area contributed by atoms with Crippen LogP contribution >= 0.6 is 22.9 Å². The number of nitrogens with zero attached hydrogens (tertiary/aromatic N) is 1. The van der Waals surface area contributed by atoms with Crippen LogP contribution in [0.25, 0.3) is 0 Å². The van der Waals surface area contributed by atoms with Crippen molar-refractivity contribution in [1.29, 1.82) is 0 Å². The molecule has 1 fully saturated rings. The lowest BCUT2D eigenvalue weighted by atomic mass is 9.94. The van der Waals surface area contributed by atoms with E-state index in [0.29, 0.717) is 5.02 Å². The van der Waals surface area contributed by atoms with Crippen molar-refractivity contribution in [3.63, 3.8) is 0 Å². The topological polar surface area (TPSA) is 32.3 Å². The molecule has 1 N–H and O–H groups in total. The Bertz CT molecular complexity index is 935. The maximum absolute atomic E-state index is 13.1. The van der Waals surface area contributed by atoms with Crippen LogP contribution in [0.3, 0.4) is 0 Å². The first-order valence-corrected chi connectivity index (χ1v) is 12.4. The first kappa shape index (κ1) is 22.1. The molecular weight excluding hydrogens is 424 g/mol. The quantitative estimate of drug-likeness (QED) is 0.457. The molecule has 0 saturated carbocycles. The molecule has 1 saturated heterocycles. The van der Waals surface area contributed by atoms with Gasteiger partial charge in [0.05, 0.1) is 6.04 Å². The number of benzene rings is 2. The van der Waals surface area contributed by atoms with E-state index in [1.165, 1.54) is 5.56 Å². The van der Waals surface area contributed by atoms with E-state index >= 15 is 0 Å². The molecule has 0 spiro atoms. The van der Waals surface area contributed by atoms with Crippen molar-refractivity contribution in [2.24, 2.45) is 5.92 Å². The molecule has 3 nitrogen and oxygen atoms in total. The zero-order valence-corrected chi connectivity index (χ0v) is 19.2. The molecule has 0 aliphatic carbocycles. The van der Waals surface area contributed by atoms with Gasteiger partial charge in [0, 0.05) is 10.9 Å². The number of amides is 1. The van der Waals surface area contributed by atoms with Crippen molar-refractivity contribution in [2.45, 2.75) is 31.7 Å². The summed E-state index contributed by atoms with van der Waals surface area (Å²) in [6.07, 6.45) is 4.13. The van der Waals surface area contributed by atoms with Crippen molar-refractivity contribution in [3.8, 4) is 0 Å². The van der Waals surface area contributed by atoms with Crippen molar-refractivity contribution in [1.82, 2.24) is 10.2 Å². The summed E-state index contributed by atoms with van der Waals surface area (Å²) in [5.41, 5.74) is 3.59. The molecule has 4 rings (SSSR count). The largest absolute Gasteiger partial charge is 0.345 e. The highest BCUT2D eigenvalue weighted by atomic mass is 35.5. The number of hydrogen-bond acceptors (Lipinski definition) is 3. The molecular formula is C26H29ClN2OS. The van der Waals surface area contributed by atoms with E-state index in [0.717, 1.165) is 56.4 Å². The second kappa shape index (κ2) is 10.9. The highest BCUT2D eigenvalue weighted by molar-refractivity contribution is 7.08. The van der Waals surface area contributed by atoms with Gasteiger partial charge < -0.3 is 10.2 Å². The average Bonchev–Trinajstić information content (AvgIpc) is 3.34. The van der Waals surface area contributed by atoms with E-state index in [1.54, 1.807) is 11.3 Å². The van der Waals surface area contributed by atoms with E-state index in [9.17, 15) is 4.79 Å². The van der Waals surface area contributed by atoms with Crippen LogP contribution in [0.4, 0.5) is 0 Å². The summed E-state index contributed by atoms with van der Waals surface area (Å²) in [6.45, 7) is 3.10. The van der Waals surface area contributed by atoms with Crippen molar-refractivity contribution in [3.05, 3.63) is 93.1 Å². The lowest BCUT2D eigenvalue weighted by Gasteiger charge is -2.32. The summed E-state index contributed by atoms with van der Waals surface area (Å²) in [5.74, 6) is 0.244. The molecule has 5 heteroatoms. The third kappa shape index (κ3) is 6.19. The second-order valence-corrected chi connectivity index (χ2v) is 9.47. The monoisotopic (exact) mass is 452 g/mol. The summed E-state index contributed by atoms with van der Waals surface area (Å²) >= 11 is 7.71. The van der Waals surface area contributed by atoms with E-state index in [-0.39, 0.29) is 17.9 Å². The summed E-state index contributed by atoms with van der Waals surface area (Å²) < 4.78 is 0. The SMILES string of the molecule is O=C(NC(c1ccc(Cl)cc1)c1ccsc1)C1CCN(CCCc2ccccc2)CC1. The van der Waals surface area contributed by atoms with Gasteiger partial charge in [0.15, 0.2) is 0 Å². The Morgan fingerprint density at radius 3 is 2.45 bits per heavy atom. The predicted octanol–water partition coefficient (Wildman–Crippen LogP) is 5.95. The standard InChI is InChI=1S/C26H29ClN2OS/c27-24-10-8-21(9-11-24)25(23-14-18-31-19-23)28-26(30)22-12-16-29(17-13-22)15-4-7-20-5-2-1-3-6-20/h1-3,5-6,8-11,14,18-19,22,25H,4,7,12-13,15-17H2,(H,28,30). The Morgan fingerprint density at radius 1 is 1.03 bits per heavy atom. The Kier molecular flexibility index (Phi) is 7.79. The molecule has 1 atom stereocenters. The van der Waals surface area contributed by atoms with Gasteiger partial charge in [-0.2, -0.15) is 11.3 Å². The number of aryl methyl sites for hydroxylation is 1. The number of thiophene rings is 1. The lowest BCUT2D eigenvalue weighted by molar-refractivity contribution is -0.127. The number of rotatable bonds is 8. The van der Waals surface area contributed by atoms with Gasteiger partial charge in [-0.1, -0.05) is 54.1 Å². The van der Waals surface area contributed by atoms with E-state index < -0.39 is 0 Å². The first-order chi connectivity index (χ1) is 15.2. The molecule has 1 aromatic heterocycles. The van der Waals surface area contributed by atoms with Crippen LogP contribution in [0.1, 0.15) is 42.0 Å². The Morgan fingerprint density at radius 2 is 1.77 bits per heavy atom. The highest BCUT2D eigenvalue weighted by Gasteiger charge is 2.27. The summed E-state index contributed by atoms with van der Waals surface area (Å²) in [5, 5.41) is 8.18. The number of carbonyl (C=O) groups is 1. The molecule has 0 radical (unpaired) electrons. The fourth-order valence-electron chi connectivity index (χ4n) is 4.28. The molecule has 3 aromatic rings. The van der Waals surface area contributed by atoms with Crippen molar-refractivity contribution >= 4 is 28.8 Å². The predicted molar refractivity (Wildman–Crippen MR) is 130 cm³/mol. The molecule has 1 aliphatic rings. The summed E-state index contributed by atoms with van der Waals surface area (Å²) in [4.78, 5) is 15.6. The fourth-order valence-corrected chi connectivity index (χ4v) is 5.10. The number of halogens is 1. The van der Waals surface area contributed by atoms with Gasteiger partial charge in [0.1, 0.15) is 0 Å². The molecule has 1 unspecified atom stereocenters. The zero-order valence-electron chi connectivity index (χ0n) is 17.7. The van der Waals surface area contributed by atoms with Crippen LogP contribution in [0.5, 0.6) is 0 Å². The highest BCUT2D eigenvalue weighted by Crippen LogP contribution is 2.27. The minimum absolute atomic E-state index is 0.0822. The van der Waals surface area contributed by atoms with Gasteiger partial charge in [-0.3, -0.25) is 4.79 Å². The minimum Gasteiger partial charge on any atom is -0.345 e. The normalized spacial score (nSPS) is 16.2. The fraction of sp³-hybridized carbons (Fsp3) is 0.346. The van der Waals surface area contributed by atoms with Crippen molar-refractivity contribution < 1.29 is 4.79 Å². The molecule has 31 heavy (non-hydrogen) atoms. The van der Waals surface area contributed by atoms with E-state index in [2.05, 4.69) is 57.4 Å². The van der Waals surface area contributed by atoms with Crippen LogP contribution in [0.15, 0.2) is 71.4 Å². The number of hydrogen-bond donors (Lipinski definition) is 1. The maximum Gasteiger partial charge on any atom is 0.223 e. The van der Waals surface area contributed by atoms with Gasteiger partial charge in [0.25, 0.3) is 0 Å². The molecule has 1 amide bonds. The first-order valence-electron chi connectivity index (χ1n) is 11.0. The van der Waals surface area contributed by atoms with Crippen LogP contribution in [0, 0.1) is 5.92 Å². The lowest BCUT2D eigenvalue weighted by Crippen LogP contribution is -2.42. The van der Waals surface area contributed by atoms with Gasteiger partial charge >= 0.3 is 0 Å². The van der Waals surface area contributed by atoms with Crippen molar-refractivity contribution in [2.75, 3.05) is 19.6 Å². The summed E-state index contributed by atoms with van der Waals surface area (Å²) in [6, 6.07) is 20.4. The number of carbonyl (C=O) groups excluding carboxylic acids is 1.